The molecule has 3 aliphatic heterocycles. The van der Waals surface area contributed by atoms with Gasteiger partial charge in [0.05, 0.1) is 6.42 Å². The van der Waals surface area contributed by atoms with Gasteiger partial charge in [-0.3, -0.25) is 15.1 Å². The van der Waals surface area contributed by atoms with E-state index in [9.17, 15) is 31.5 Å². The van der Waals surface area contributed by atoms with Crippen molar-refractivity contribution in [2.75, 3.05) is 32.0 Å². The van der Waals surface area contributed by atoms with Gasteiger partial charge in [-0.2, -0.15) is 13.2 Å². The van der Waals surface area contributed by atoms with Gasteiger partial charge in [0.2, 0.25) is 5.91 Å². The van der Waals surface area contributed by atoms with Crippen LogP contribution in [0.1, 0.15) is 55.6 Å². The number of piperidine rings is 1. The van der Waals surface area contributed by atoms with Crippen molar-refractivity contribution in [1.29, 1.82) is 0 Å². The molecule has 5 rings (SSSR count). The van der Waals surface area contributed by atoms with Gasteiger partial charge in [-0.1, -0.05) is 18.7 Å². The summed E-state index contributed by atoms with van der Waals surface area (Å²) in [5.74, 6) is -2.89. The predicted octanol–water partition coefficient (Wildman–Crippen LogP) is 6.12. The van der Waals surface area contributed by atoms with Gasteiger partial charge in [-0.25, -0.2) is 18.6 Å². The molecule has 0 saturated carbocycles. The lowest BCUT2D eigenvalue weighted by atomic mass is 9.83. The third-order valence-corrected chi connectivity index (χ3v) is 8.50. The summed E-state index contributed by atoms with van der Waals surface area (Å²) in [6.45, 7) is 4.14. The molecule has 13 heteroatoms. The molecule has 3 aliphatic rings. The number of halogens is 5. The van der Waals surface area contributed by atoms with Crippen LogP contribution in [-0.2, 0) is 15.1 Å². The largest absolute Gasteiger partial charge is 0.437 e. The monoisotopic (exact) mass is 605 g/mol. The lowest BCUT2D eigenvalue weighted by Gasteiger charge is -2.44. The molecule has 1 aromatic heterocycles. The molecule has 1 N–H and O–H groups in total. The van der Waals surface area contributed by atoms with E-state index in [4.69, 9.17) is 4.74 Å². The van der Waals surface area contributed by atoms with Gasteiger partial charge in [0.15, 0.2) is 11.6 Å². The number of pyridine rings is 1. The highest BCUT2D eigenvalue weighted by molar-refractivity contribution is 5.91. The number of amides is 2. The van der Waals surface area contributed by atoms with Crippen LogP contribution < -0.4 is 5.32 Å². The van der Waals surface area contributed by atoms with E-state index in [0.29, 0.717) is 31.5 Å². The Morgan fingerprint density at radius 1 is 1.19 bits per heavy atom. The number of alkyl halides is 3. The number of anilines is 1. The molecule has 43 heavy (non-hydrogen) atoms. The van der Waals surface area contributed by atoms with Gasteiger partial charge in [0.25, 0.3) is 0 Å². The Morgan fingerprint density at radius 3 is 2.63 bits per heavy atom. The first-order valence-electron chi connectivity index (χ1n) is 14.1. The molecule has 2 amide bonds. The van der Waals surface area contributed by atoms with E-state index in [1.54, 1.807) is 17.2 Å². The predicted molar refractivity (Wildman–Crippen MR) is 148 cm³/mol. The van der Waals surface area contributed by atoms with E-state index in [2.05, 4.69) is 21.9 Å². The number of carbonyl (C=O) groups is 2. The number of carbonyl (C=O) groups excluding carboxylic acids is 2. The number of fused-ring (bicyclic) bond motifs is 2. The molecule has 1 spiro atoms. The van der Waals surface area contributed by atoms with Crippen LogP contribution in [0, 0.1) is 17.6 Å². The zero-order chi connectivity index (χ0) is 30.9. The first-order valence-corrected chi connectivity index (χ1v) is 14.1. The van der Waals surface area contributed by atoms with Crippen LogP contribution in [0.3, 0.4) is 0 Å². The van der Waals surface area contributed by atoms with E-state index < -0.39 is 47.8 Å². The zero-order valence-corrected chi connectivity index (χ0v) is 23.6. The number of hydrogen-bond donors (Lipinski definition) is 1. The molecule has 1 aromatic carbocycles. The van der Waals surface area contributed by atoms with E-state index in [-0.39, 0.29) is 49.1 Å². The molecule has 8 nitrogen and oxygen atoms in total. The van der Waals surface area contributed by atoms with Gasteiger partial charge in [-0.05, 0) is 36.6 Å². The SMILES string of the molecule is C=C(CC(F)(F)F)N1C[C@H](c2cccc(F)c2F)CC[C@@H](CC(=O)N2CCC3(CC2)OC(=O)Nc2ncccc23)C1=NC. The van der Waals surface area contributed by atoms with Gasteiger partial charge < -0.3 is 14.5 Å². The van der Waals surface area contributed by atoms with Crippen molar-refractivity contribution in [3.05, 3.63) is 71.6 Å². The van der Waals surface area contributed by atoms with Crippen LogP contribution in [-0.4, -0.2) is 65.5 Å². The summed E-state index contributed by atoms with van der Waals surface area (Å²) >= 11 is 0. The molecule has 230 valence electrons. The fraction of sp³-hybridized carbons (Fsp3) is 0.467. The van der Waals surface area contributed by atoms with E-state index in [1.807, 2.05) is 6.07 Å². The molecule has 2 saturated heterocycles. The molecular formula is C30H32F5N5O3. The van der Waals surface area contributed by atoms with E-state index in [1.165, 1.54) is 24.1 Å². The maximum atomic E-state index is 14.8. The minimum Gasteiger partial charge on any atom is -0.437 e. The molecule has 0 aliphatic carbocycles. The number of aliphatic imine (C=N–C) groups is 1. The molecule has 4 heterocycles. The Balaban J connectivity index is 1.35. The van der Waals surface area contributed by atoms with Crippen molar-refractivity contribution >= 4 is 23.7 Å². The van der Waals surface area contributed by atoms with Gasteiger partial charge in [0.1, 0.15) is 17.3 Å². The average Bonchev–Trinajstić information content (AvgIpc) is 3.13. The van der Waals surface area contributed by atoms with Gasteiger partial charge in [-0.15, -0.1) is 0 Å². The summed E-state index contributed by atoms with van der Waals surface area (Å²) in [5, 5.41) is 2.59. The fourth-order valence-electron chi connectivity index (χ4n) is 6.42. The Hall–Kier alpha value is -4.03. The molecule has 2 atom stereocenters. The third kappa shape index (κ3) is 6.35. The number of hydrogen-bond acceptors (Lipinski definition) is 5. The first-order chi connectivity index (χ1) is 20.4. The Kier molecular flexibility index (Phi) is 8.44. The van der Waals surface area contributed by atoms with Crippen LogP contribution in [0.4, 0.5) is 32.6 Å². The summed E-state index contributed by atoms with van der Waals surface area (Å²) in [6, 6.07) is 7.35. The van der Waals surface area contributed by atoms with Crippen LogP contribution in [0.2, 0.25) is 0 Å². The van der Waals surface area contributed by atoms with Crippen molar-refractivity contribution in [3.8, 4) is 0 Å². The van der Waals surface area contributed by atoms with E-state index >= 15 is 0 Å². The average molecular weight is 606 g/mol. The van der Waals surface area contributed by atoms with Crippen LogP contribution in [0.25, 0.3) is 0 Å². The maximum absolute atomic E-state index is 14.8. The second-order valence-corrected chi connectivity index (χ2v) is 11.2. The van der Waals surface area contributed by atoms with Crippen LogP contribution >= 0.6 is 0 Å². The summed E-state index contributed by atoms with van der Waals surface area (Å²) in [4.78, 5) is 37.3. The van der Waals surface area contributed by atoms with Crippen molar-refractivity contribution in [3.63, 3.8) is 0 Å². The fourth-order valence-corrected chi connectivity index (χ4v) is 6.42. The maximum Gasteiger partial charge on any atom is 0.413 e. The smallest absolute Gasteiger partial charge is 0.413 e. The normalized spacial score (nSPS) is 22.9. The molecule has 2 fully saturated rings. The Bertz CT molecular complexity index is 1440. The number of ether oxygens (including phenoxy) is 1. The number of amidine groups is 1. The summed E-state index contributed by atoms with van der Waals surface area (Å²) in [7, 11) is 1.44. The number of allylic oxidation sites excluding steroid dienone is 1. The van der Waals surface area contributed by atoms with Crippen molar-refractivity contribution < 1.29 is 36.3 Å². The number of rotatable bonds is 5. The molecule has 0 bridgehead atoms. The first kappa shape index (κ1) is 30.4. The molecule has 0 unspecified atom stereocenters. The van der Waals surface area contributed by atoms with Crippen LogP contribution in [0.15, 0.2) is 53.8 Å². The minimum absolute atomic E-state index is 0.0483. The van der Waals surface area contributed by atoms with Crippen LogP contribution in [0.5, 0.6) is 0 Å². The van der Waals surface area contributed by atoms with Gasteiger partial charge >= 0.3 is 12.3 Å². The highest BCUT2D eigenvalue weighted by Crippen LogP contribution is 2.43. The topological polar surface area (TPSA) is 87.1 Å². The van der Waals surface area contributed by atoms with Crippen molar-refractivity contribution in [1.82, 2.24) is 14.8 Å². The summed E-state index contributed by atoms with van der Waals surface area (Å²) < 4.78 is 74.8. The highest BCUT2D eigenvalue weighted by atomic mass is 19.4. The number of nitrogens with zero attached hydrogens (tertiary/aromatic N) is 4. The van der Waals surface area contributed by atoms with Crippen molar-refractivity contribution in [2.45, 2.75) is 56.2 Å². The highest BCUT2D eigenvalue weighted by Gasteiger charge is 2.46. The second-order valence-electron chi connectivity index (χ2n) is 11.2. The lowest BCUT2D eigenvalue weighted by Crippen LogP contribution is -2.50. The molecular weight excluding hydrogens is 573 g/mol. The quantitative estimate of drug-likeness (QED) is 0.415. The van der Waals surface area contributed by atoms with Crippen molar-refractivity contribution in [2.24, 2.45) is 10.9 Å². The summed E-state index contributed by atoms with van der Waals surface area (Å²) in [6.07, 6.45) is -3.66. The number of likely N-dealkylation sites (tertiary alicyclic amines) is 2. The lowest BCUT2D eigenvalue weighted by molar-refractivity contribution is -0.136. The number of nitrogens with one attached hydrogen (secondary N) is 1. The zero-order valence-electron chi connectivity index (χ0n) is 23.6. The second kappa shape index (κ2) is 11.9. The Labute approximate surface area is 245 Å². The summed E-state index contributed by atoms with van der Waals surface area (Å²) in [5.41, 5.74) is -0.413. The van der Waals surface area contributed by atoms with E-state index in [0.717, 1.165) is 11.6 Å². The third-order valence-electron chi connectivity index (χ3n) is 8.50. The standard InChI is InChI=1S/C30H32F5N5O3/c1-18(16-30(33,34)35)40-17-20(21-5-3-7-23(31)25(21)32)9-8-19(27(40)36-2)15-24(41)39-13-10-29(11-14-39)22-6-4-12-37-26(22)38-28(42)43-29/h3-7,12,19-20H,1,8-11,13-17H2,2H3,(H,37,38,42)/t19-,20+/m0/s1. The number of aromatic nitrogens is 1. The molecule has 2 aromatic rings. The minimum atomic E-state index is -4.55. The Morgan fingerprint density at radius 2 is 1.93 bits per heavy atom. The molecule has 0 radical (unpaired) electrons. The number of benzene rings is 1. The van der Waals surface area contributed by atoms with Gasteiger partial charge in [0, 0.05) is 75.2 Å².